The molecule has 0 aliphatic rings. The van der Waals surface area contributed by atoms with E-state index < -0.39 is 5.82 Å². The molecule has 0 spiro atoms. The van der Waals surface area contributed by atoms with Crippen LogP contribution >= 0.6 is 50.5 Å². The zero-order valence-corrected chi connectivity index (χ0v) is 12.6. The van der Waals surface area contributed by atoms with E-state index in [0.29, 0.717) is 19.9 Å². The van der Waals surface area contributed by atoms with Crippen LogP contribution in [0.5, 0.6) is 0 Å². The van der Waals surface area contributed by atoms with E-state index in [4.69, 9.17) is 23.2 Å². The number of carbonyl (C=O) groups excluding carboxylic acids is 1. The van der Waals surface area contributed by atoms with Crippen LogP contribution in [0.25, 0.3) is 0 Å². The fourth-order valence-corrected chi connectivity index (χ4v) is 3.10. The summed E-state index contributed by atoms with van der Waals surface area (Å²) >= 11 is 15.8. The second-order valence-corrected chi connectivity index (χ2v) is 6.46. The summed E-state index contributed by atoms with van der Waals surface area (Å²) in [5.74, 6) is -0.786. The number of amides is 1. The summed E-state index contributed by atoms with van der Waals surface area (Å²) in [5.41, 5.74) is 0.763. The van der Waals surface area contributed by atoms with Gasteiger partial charge in [-0.15, -0.1) is 11.3 Å². The number of halogens is 4. The van der Waals surface area contributed by atoms with Crippen LogP contribution in [0.4, 0.5) is 10.1 Å². The number of hydrogen-bond donors (Lipinski definition) is 1. The molecule has 2 nitrogen and oxygen atoms in total. The molecule has 0 saturated heterocycles. The third kappa shape index (κ3) is 3.03. The second kappa shape index (κ2) is 5.57. The molecule has 1 aromatic carbocycles. The summed E-state index contributed by atoms with van der Waals surface area (Å²) in [6, 6.07) is 5.67. The van der Waals surface area contributed by atoms with Gasteiger partial charge in [-0.3, -0.25) is 4.79 Å². The highest BCUT2D eigenvalue weighted by Gasteiger charge is 2.14. The van der Waals surface area contributed by atoms with Gasteiger partial charge in [-0.25, -0.2) is 4.39 Å². The molecule has 2 aromatic rings. The van der Waals surface area contributed by atoms with E-state index in [0.717, 1.165) is 11.3 Å². The molecular weight excluding hydrogens is 364 g/mol. The minimum absolute atomic E-state index is 0.273. The molecule has 0 fully saturated rings. The minimum Gasteiger partial charge on any atom is -0.322 e. The van der Waals surface area contributed by atoms with Crippen LogP contribution in [0.15, 0.2) is 28.7 Å². The molecule has 1 heterocycles. The molecule has 0 saturated carbocycles. The molecule has 0 radical (unpaired) electrons. The van der Waals surface area contributed by atoms with Crippen molar-refractivity contribution in [1.29, 1.82) is 0 Å². The monoisotopic (exact) mass is 367 g/mol. The number of thiophene rings is 1. The Hall–Kier alpha value is -0.620. The highest BCUT2D eigenvalue weighted by Crippen LogP contribution is 2.31. The number of rotatable bonds is 2. The maximum absolute atomic E-state index is 13.0. The fraction of sp³-hybridized carbons (Fsp3) is 0. The van der Waals surface area contributed by atoms with Gasteiger partial charge in [-0.05, 0) is 40.2 Å². The van der Waals surface area contributed by atoms with E-state index in [2.05, 4.69) is 21.2 Å². The van der Waals surface area contributed by atoms with Gasteiger partial charge in [-0.1, -0.05) is 23.2 Å². The van der Waals surface area contributed by atoms with Gasteiger partial charge in [0.25, 0.3) is 5.91 Å². The highest BCUT2D eigenvalue weighted by atomic mass is 79.9. The summed E-state index contributed by atoms with van der Waals surface area (Å²) in [4.78, 5) is 11.9. The highest BCUT2D eigenvalue weighted by molar-refractivity contribution is 9.10. The first-order chi connectivity index (χ1) is 8.47. The van der Waals surface area contributed by atoms with Gasteiger partial charge in [0.05, 0.1) is 14.4 Å². The normalized spacial score (nSPS) is 10.4. The van der Waals surface area contributed by atoms with Crippen molar-refractivity contribution in [2.24, 2.45) is 0 Å². The lowest BCUT2D eigenvalue weighted by atomic mass is 10.2. The standard InChI is InChI=1S/C11H5BrCl2FNOS/c12-7-3-5(1-2-8(7)15)16-11(17)6-4-9(13)18-10(6)14/h1-4H,(H,16,17). The number of anilines is 1. The van der Waals surface area contributed by atoms with Gasteiger partial charge in [-0.2, -0.15) is 0 Å². The van der Waals surface area contributed by atoms with Crippen LogP contribution in [-0.2, 0) is 0 Å². The summed E-state index contributed by atoms with van der Waals surface area (Å²) < 4.78 is 14.1. The summed E-state index contributed by atoms with van der Waals surface area (Å²) in [6.45, 7) is 0. The summed E-state index contributed by atoms with van der Waals surface area (Å²) in [6.07, 6.45) is 0. The Balaban J connectivity index is 2.21. The van der Waals surface area contributed by atoms with Gasteiger partial charge < -0.3 is 5.32 Å². The van der Waals surface area contributed by atoms with E-state index in [9.17, 15) is 9.18 Å². The van der Waals surface area contributed by atoms with E-state index in [-0.39, 0.29) is 10.4 Å². The van der Waals surface area contributed by atoms with Crippen LogP contribution in [-0.4, -0.2) is 5.91 Å². The van der Waals surface area contributed by atoms with Crippen molar-refractivity contribution in [1.82, 2.24) is 0 Å². The molecule has 0 unspecified atom stereocenters. The van der Waals surface area contributed by atoms with Crippen molar-refractivity contribution in [3.05, 3.63) is 48.8 Å². The molecule has 0 aliphatic carbocycles. The maximum Gasteiger partial charge on any atom is 0.258 e. The third-order valence-corrected chi connectivity index (χ3v) is 4.17. The Morgan fingerprint density at radius 1 is 1.33 bits per heavy atom. The Morgan fingerprint density at radius 3 is 2.61 bits per heavy atom. The van der Waals surface area contributed by atoms with Crippen LogP contribution in [0.3, 0.4) is 0 Å². The number of nitrogens with one attached hydrogen (secondary N) is 1. The molecule has 7 heteroatoms. The molecule has 1 N–H and O–H groups in total. The van der Waals surface area contributed by atoms with Crippen molar-refractivity contribution in [3.63, 3.8) is 0 Å². The van der Waals surface area contributed by atoms with Crippen LogP contribution in [0.2, 0.25) is 8.67 Å². The Morgan fingerprint density at radius 2 is 2.06 bits per heavy atom. The lowest BCUT2D eigenvalue weighted by molar-refractivity contribution is 0.102. The van der Waals surface area contributed by atoms with Crippen molar-refractivity contribution in [2.75, 3.05) is 5.32 Å². The van der Waals surface area contributed by atoms with Crippen LogP contribution in [0.1, 0.15) is 10.4 Å². The Kier molecular flexibility index (Phi) is 4.27. The Bertz CT molecular complexity index is 617. The Labute approximate surface area is 125 Å². The topological polar surface area (TPSA) is 29.1 Å². The zero-order chi connectivity index (χ0) is 13.3. The number of carbonyl (C=O) groups is 1. The molecule has 1 amide bonds. The van der Waals surface area contributed by atoms with Gasteiger partial charge in [0.2, 0.25) is 0 Å². The average Bonchev–Trinajstić information content (AvgIpc) is 2.63. The average molecular weight is 369 g/mol. The molecule has 2 rings (SSSR count). The smallest absolute Gasteiger partial charge is 0.258 e. The predicted octanol–water partition coefficient (Wildman–Crippen LogP) is 5.21. The molecule has 18 heavy (non-hydrogen) atoms. The molecule has 94 valence electrons. The zero-order valence-electron chi connectivity index (χ0n) is 8.64. The van der Waals surface area contributed by atoms with Crippen LogP contribution in [0, 0.1) is 5.82 Å². The summed E-state index contributed by atoms with van der Waals surface area (Å²) in [7, 11) is 0. The first-order valence-electron chi connectivity index (χ1n) is 4.68. The van der Waals surface area contributed by atoms with E-state index in [1.54, 1.807) is 0 Å². The SMILES string of the molecule is O=C(Nc1ccc(F)c(Br)c1)c1cc(Cl)sc1Cl. The van der Waals surface area contributed by atoms with E-state index >= 15 is 0 Å². The van der Waals surface area contributed by atoms with Crippen molar-refractivity contribution >= 4 is 62.1 Å². The number of benzene rings is 1. The van der Waals surface area contributed by atoms with Gasteiger partial charge in [0, 0.05) is 5.69 Å². The number of hydrogen-bond acceptors (Lipinski definition) is 2. The van der Waals surface area contributed by atoms with Gasteiger partial charge in [0.1, 0.15) is 10.2 Å². The first kappa shape index (κ1) is 13.8. The maximum atomic E-state index is 13.0. The predicted molar refractivity (Wildman–Crippen MR) is 76.4 cm³/mol. The van der Waals surface area contributed by atoms with Crippen molar-refractivity contribution in [2.45, 2.75) is 0 Å². The molecule has 0 aliphatic heterocycles. The summed E-state index contributed by atoms with van der Waals surface area (Å²) in [5, 5.41) is 2.61. The lowest BCUT2D eigenvalue weighted by Crippen LogP contribution is -2.11. The van der Waals surface area contributed by atoms with E-state index in [1.807, 2.05) is 0 Å². The van der Waals surface area contributed by atoms with E-state index in [1.165, 1.54) is 24.3 Å². The third-order valence-electron chi connectivity index (χ3n) is 2.08. The lowest BCUT2D eigenvalue weighted by Gasteiger charge is -2.05. The molecule has 0 bridgehead atoms. The van der Waals surface area contributed by atoms with Gasteiger partial charge in [0.15, 0.2) is 0 Å². The van der Waals surface area contributed by atoms with Crippen molar-refractivity contribution in [3.8, 4) is 0 Å². The second-order valence-electron chi connectivity index (χ2n) is 3.32. The fourth-order valence-electron chi connectivity index (χ4n) is 1.27. The largest absolute Gasteiger partial charge is 0.322 e. The van der Waals surface area contributed by atoms with Crippen LogP contribution < -0.4 is 5.32 Å². The first-order valence-corrected chi connectivity index (χ1v) is 7.05. The molecule has 1 aromatic heterocycles. The van der Waals surface area contributed by atoms with Gasteiger partial charge >= 0.3 is 0 Å². The minimum atomic E-state index is -0.399. The van der Waals surface area contributed by atoms with Crippen molar-refractivity contribution < 1.29 is 9.18 Å². The quantitative estimate of drug-likeness (QED) is 0.774. The molecule has 0 atom stereocenters. The molecular formula is C11H5BrCl2FNOS.